The molecule has 0 bridgehead atoms. The second-order valence-electron chi connectivity index (χ2n) is 8.82. The van der Waals surface area contributed by atoms with Crippen LogP contribution in [0.1, 0.15) is 101 Å². The molecule has 0 radical (unpaired) electrons. The molecule has 4 atom stereocenters. The Balaban J connectivity index is 1.97. The van der Waals surface area contributed by atoms with Gasteiger partial charge < -0.3 is 9.47 Å². The monoisotopic (exact) mass is 462 g/mol. The summed E-state index contributed by atoms with van der Waals surface area (Å²) in [7, 11) is 1.43. The molecule has 4 nitrogen and oxygen atoms in total. The van der Waals surface area contributed by atoms with Gasteiger partial charge >= 0.3 is 11.9 Å². The van der Waals surface area contributed by atoms with Crippen LogP contribution in [0.25, 0.3) is 0 Å². The van der Waals surface area contributed by atoms with Crippen LogP contribution in [0.5, 0.6) is 0 Å². The number of ether oxygens (including phenoxy) is 2. The fourth-order valence-corrected chi connectivity index (χ4v) is 5.11. The third-order valence-electron chi connectivity index (χ3n) is 6.37. The van der Waals surface area contributed by atoms with Crippen LogP contribution in [0.4, 0.5) is 0 Å². The minimum Gasteiger partial charge on any atom is -0.469 e. The largest absolute Gasteiger partial charge is 0.469 e. The molecule has 1 saturated carbocycles. The van der Waals surface area contributed by atoms with Crippen LogP contribution in [-0.4, -0.2) is 24.4 Å². The van der Waals surface area contributed by atoms with Gasteiger partial charge in [0.15, 0.2) is 0 Å². The minimum atomic E-state index is -0.231. The highest BCUT2D eigenvalue weighted by Crippen LogP contribution is 2.45. The van der Waals surface area contributed by atoms with Crippen LogP contribution in [0.3, 0.4) is 0 Å². The molecular weight excluding hydrogens is 424 g/mol. The van der Waals surface area contributed by atoms with Crippen molar-refractivity contribution in [1.82, 2.24) is 0 Å². The number of alkyl halides is 1. The second kappa shape index (κ2) is 14.4. The Labute approximate surface area is 198 Å². The Morgan fingerprint density at radius 3 is 2.53 bits per heavy atom. The fraction of sp³-hybridized carbons (Fsp3) is 0.630. The minimum absolute atomic E-state index is 0.146. The lowest BCUT2D eigenvalue weighted by Gasteiger charge is -2.23. The van der Waals surface area contributed by atoms with E-state index in [0.29, 0.717) is 18.3 Å². The van der Waals surface area contributed by atoms with Crippen LogP contribution in [-0.2, 0) is 19.1 Å². The summed E-state index contributed by atoms with van der Waals surface area (Å²) >= 11 is 6.73. The van der Waals surface area contributed by atoms with Gasteiger partial charge in [-0.25, -0.2) is 0 Å². The maximum absolute atomic E-state index is 11.6. The van der Waals surface area contributed by atoms with Gasteiger partial charge in [-0.05, 0) is 62.0 Å². The molecule has 0 amide bonds. The van der Waals surface area contributed by atoms with E-state index in [0.717, 1.165) is 63.4 Å². The zero-order valence-electron chi connectivity index (χ0n) is 19.9. The van der Waals surface area contributed by atoms with Gasteiger partial charge in [0.25, 0.3) is 0 Å². The summed E-state index contributed by atoms with van der Waals surface area (Å²) in [5.41, 5.74) is 2.33. The number of esters is 2. The second-order valence-corrected chi connectivity index (χ2v) is 9.38. The number of rotatable bonds is 13. The molecule has 178 valence electrons. The van der Waals surface area contributed by atoms with E-state index in [2.05, 4.69) is 48.1 Å². The summed E-state index contributed by atoms with van der Waals surface area (Å²) < 4.78 is 10.3. The summed E-state index contributed by atoms with van der Waals surface area (Å²) in [4.78, 5) is 22.8. The van der Waals surface area contributed by atoms with Gasteiger partial charge in [-0.1, -0.05) is 56.2 Å². The molecule has 0 aliphatic heterocycles. The van der Waals surface area contributed by atoms with Gasteiger partial charge in [-0.2, -0.15) is 0 Å². The van der Waals surface area contributed by atoms with Crippen molar-refractivity contribution < 1.29 is 19.1 Å². The van der Waals surface area contributed by atoms with Crippen LogP contribution < -0.4 is 0 Å². The molecule has 1 fully saturated rings. The van der Waals surface area contributed by atoms with E-state index < -0.39 is 0 Å². The van der Waals surface area contributed by atoms with Gasteiger partial charge in [0, 0.05) is 24.6 Å². The Hall–Kier alpha value is -1.81. The standard InChI is InChI=1S/C27H39ClO4/c1-4-5-8-12-25(32-20(2)29)21-14-16-23(17-15-21)27-22(18-19-24(27)28)11-9-6-7-10-13-26(30)31-3/h6,9,14-17,22,24-25,27H,4-5,7-8,10-13,18-19H2,1-3H3/t22-,24+,25?,27-/m0/s1. The lowest BCUT2D eigenvalue weighted by Crippen LogP contribution is -2.13. The molecule has 1 aliphatic carbocycles. The summed E-state index contributed by atoms with van der Waals surface area (Å²) in [6, 6.07) is 8.56. The summed E-state index contributed by atoms with van der Waals surface area (Å²) in [5.74, 6) is 0.473. The lowest BCUT2D eigenvalue weighted by atomic mass is 9.85. The summed E-state index contributed by atoms with van der Waals surface area (Å²) in [6.07, 6.45) is 13.8. The Morgan fingerprint density at radius 1 is 1.12 bits per heavy atom. The first kappa shape index (κ1) is 26.4. The van der Waals surface area contributed by atoms with Gasteiger partial charge in [-0.15, -0.1) is 11.6 Å². The average Bonchev–Trinajstić information content (AvgIpc) is 3.15. The number of benzene rings is 1. The van der Waals surface area contributed by atoms with Gasteiger partial charge in [0.2, 0.25) is 0 Å². The number of carbonyl (C=O) groups is 2. The smallest absolute Gasteiger partial charge is 0.305 e. The third kappa shape index (κ3) is 8.61. The van der Waals surface area contributed by atoms with Crippen LogP contribution in [0.2, 0.25) is 0 Å². The highest BCUT2D eigenvalue weighted by Gasteiger charge is 2.35. The van der Waals surface area contributed by atoms with Gasteiger partial charge in [0.1, 0.15) is 6.10 Å². The summed E-state index contributed by atoms with van der Waals surface area (Å²) in [6.45, 7) is 3.65. The Bertz CT molecular complexity index is 728. The van der Waals surface area contributed by atoms with Crippen molar-refractivity contribution in [3.05, 3.63) is 47.5 Å². The Kier molecular flexibility index (Phi) is 11.9. The van der Waals surface area contributed by atoms with Crippen LogP contribution in [0.15, 0.2) is 36.4 Å². The molecule has 0 spiro atoms. The zero-order valence-corrected chi connectivity index (χ0v) is 20.6. The highest BCUT2D eigenvalue weighted by molar-refractivity contribution is 6.21. The van der Waals surface area contributed by atoms with Crippen LogP contribution in [0, 0.1) is 5.92 Å². The van der Waals surface area contributed by atoms with Crippen molar-refractivity contribution in [1.29, 1.82) is 0 Å². The van der Waals surface area contributed by atoms with E-state index in [-0.39, 0.29) is 23.4 Å². The van der Waals surface area contributed by atoms with E-state index >= 15 is 0 Å². The fourth-order valence-electron chi connectivity index (χ4n) is 4.63. The summed E-state index contributed by atoms with van der Waals surface area (Å²) in [5, 5.41) is 0.146. The maximum atomic E-state index is 11.6. The van der Waals surface area contributed by atoms with Crippen molar-refractivity contribution in [3.63, 3.8) is 0 Å². The molecule has 0 N–H and O–H groups in total. The quantitative estimate of drug-likeness (QED) is 0.134. The number of allylic oxidation sites excluding steroid dienone is 2. The molecule has 2 rings (SSSR count). The molecule has 0 aromatic heterocycles. The maximum Gasteiger partial charge on any atom is 0.305 e. The predicted octanol–water partition coefficient (Wildman–Crippen LogP) is 7.26. The lowest BCUT2D eigenvalue weighted by molar-refractivity contribution is -0.147. The molecular formula is C27H39ClO4. The normalized spacial score (nSPS) is 21.6. The van der Waals surface area contributed by atoms with Gasteiger partial charge in [-0.3, -0.25) is 9.59 Å². The topological polar surface area (TPSA) is 52.6 Å². The number of hydrogen-bond donors (Lipinski definition) is 0. The number of methoxy groups -OCH3 is 1. The van der Waals surface area contributed by atoms with E-state index in [9.17, 15) is 9.59 Å². The first-order valence-electron chi connectivity index (χ1n) is 12.1. The van der Waals surface area contributed by atoms with Crippen molar-refractivity contribution in [3.8, 4) is 0 Å². The van der Waals surface area contributed by atoms with E-state index in [4.69, 9.17) is 16.3 Å². The molecule has 0 saturated heterocycles. The molecule has 0 heterocycles. The highest BCUT2D eigenvalue weighted by atomic mass is 35.5. The number of hydrogen-bond acceptors (Lipinski definition) is 4. The van der Waals surface area contributed by atoms with E-state index in [1.807, 2.05) is 0 Å². The molecule has 32 heavy (non-hydrogen) atoms. The number of halogens is 1. The molecule has 1 unspecified atom stereocenters. The van der Waals surface area contributed by atoms with E-state index in [1.54, 1.807) is 0 Å². The van der Waals surface area contributed by atoms with Crippen molar-refractivity contribution in [2.24, 2.45) is 5.92 Å². The van der Waals surface area contributed by atoms with Crippen molar-refractivity contribution in [2.45, 2.75) is 95.5 Å². The third-order valence-corrected chi connectivity index (χ3v) is 6.86. The zero-order chi connectivity index (χ0) is 23.3. The van der Waals surface area contributed by atoms with E-state index in [1.165, 1.54) is 19.6 Å². The molecule has 5 heteroatoms. The number of unbranched alkanes of at least 4 members (excludes halogenated alkanes) is 3. The first-order valence-corrected chi connectivity index (χ1v) is 12.5. The van der Waals surface area contributed by atoms with Crippen molar-refractivity contribution >= 4 is 23.5 Å². The van der Waals surface area contributed by atoms with Crippen LogP contribution >= 0.6 is 11.6 Å². The SMILES string of the molecule is CCCCCC(OC(C)=O)c1ccc([C@@H]2[C@@H](CC=CCCCC(=O)OC)CC[C@H]2Cl)cc1. The first-order chi connectivity index (χ1) is 15.5. The predicted molar refractivity (Wildman–Crippen MR) is 130 cm³/mol. The van der Waals surface area contributed by atoms with Crippen molar-refractivity contribution in [2.75, 3.05) is 7.11 Å². The molecule has 1 aromatic rings. The Morgan fingerprint density at radius 2 is 1.88 bits per heavy atom. The molecule has 1 aliphatic rings. The number of carbonyl (C=O) groups excluding carboxylic acids is 2. The molecule has 1 aromatic carbocycles. The average molecular weight is 463 g/mol. The van der Waals surface area contributed by atoms with Gasteiger partial charge in [0.05, 0.1) is 7.11 Å².